The minimum atomic E-state index is 1.10. The number of benzene rings is 1. The fraction of sp³-hybridized carbons (Fsp3) is 0. The second-order valence-electron chi connectivity index (χ2n) is 2.02. The van der Waals surface area contributed by atoms with Gasteiger partial charge in [0.1, 0.15) is 0 Å². The largest absolute Gasteiger partial charge is 0.193 e. The van der Waals surface area contributed by atoms with Gasteiger partial charge in [-0.2, -0.15) is 4.37 Å². The number of hydrogen-bond donors (Lipinski definition) is 0. The van der Waals surface area contributed by atoms with Crippen molar-refractivity contribution in [2.45, 2.75) is 0 Å². The Morgan fingerprint density at radius 2 is 2.30 bits per heavy atom. The van der Waals surface area contributed by atoms with Crippen LogP contribution >= 0.6 is 34.1 Å². The molecule has 2 rings (SSSR count). The van der Waals surface area contributed by atoms with Crippen molar-refractivity contribution in [3.8, 4) is 0 Å². The number of hydrogen-bond acceptors (Lipinski definition) is 2. The molecule has 1 nitrogen and oxygen atoms in total. The van der Waals surface area contributed by atoms with E-state index in [9.17, 15) is 0 Å². The van der Waals surface area contributed by atoms with Gasteiger partial charge in [-0.05, 0) is 52.3 Å². The SMILES string of the molecule is Ic1ccc2nscc2c1. The molecule has 0 N–H and O–H groups in total. The minimum absolute atomic E-state index is 1.10. The summed E-state index contributed by atoms with van der Waals surface area (Å²) in [5.74, 6) is 0. The van der Waals surface area contributed by atoms with Gasteiger partial charge in [0.25, 0.3) is 0 Å². The van der Waals surface area contributed by atoms with Crippen molar-refractivity contribution in [1.29, 1.82) is 0 Å². The average molecular weight is 261 g/mol. The highest BCUT2D eigenvalue weighted by molar-refractivity contribution is 14.1. The molecule has 0 amide bonds. The van der Waals surface area contributed by atoms with Gasteiger partial charge in [-0.25, -0.2) is 0 Å². The molecule has 1 aromatic heterocycles. The number of nitrogens with zero attached hydrogens (tertiary/aromatic N) is 1. The van der Waals surface area contributed by atoms with Crippen LogP contribution in [0.15, 0.2) is 23.6 Å². The van der Waals surface area contributed by atoms with Crippen molar-refractivity contribution < 1.29 is 0 Å². The third kappa shape index (κ3) is 1.03. The van der Waals surface area contributed by atoms with Gasteiger partial charge in [0.05, 0.1) is 5.52 Å². The Labute approximate surface area is 76.4 Å². The highest BCUT2D eigenvalue weighted by atomic mass is 127. The maximum absolute atomic E-state index is 4.20. The molecule has 0 aliphatic heterocycles. The summed E-state index contributed by atoms with van der Waals surface area (Å²) in [5.41, 5.74) is 1.10. The number of fused-ring (bicyclic) bond motifs is 1. The van der Waals surface area contributed by atoms with E-state index in [0.29, 0.717) is 0 Å². The van der Waals surface area contributed by atoms with Gasteiger partial charge in [0.2, 0.25) is 0 Å². The Balaban J connectivity index is 2.86. The van der Waals surface area contributed by atoms with E-state index in [0.717, 1.165) is 5.52 Å². The lowest BCUT2D eigenvalue weighted by molar-refractivity contribution is 1.64. The first-order valence-electron chi connectivity index (χ1n) is 2.86. The maximum Gasteiger partial charge on any atom is 0.0841 e. The maximum atomic E-state index is 4.20. The van der Waals surface area contributed by atoms with E-state index in [2.05, 4.69) is 44.5 Å². The molecule has 0 saturated carbocycles. The molecule has 0 aliphatic rings. The summed E-state index contributed by atoms with van der Waals surface area (Å²) in [7, 11) is 0. The quantitative estimate of drug-likeness (QED) is 0.664. The van der Waals surface area contributed by atoms with Crippen LogP contribution in [0.5, 0.6) is 0 Å². The Hall–Kier alpha value is -0.160. The zero-order chi connectivity index (χ0) is 6.97. The highest BCUT2D eigenvalue weighted by Crippen LogP contribution is 2.17. The van der Waals surface area contributed by atoms with E-state index in [4.69, 9.17) is 0 Å². The van der Waals surface area contributed by atoms with Gasteiger partial charge in [-0.1, -0.05) is 0 Å². The fourth-order valence-electron chi connectivity index (χ4n) is 0.843. The first-order valence-corrected chi connectivity index (χ1v) is 4.77. The van der Waals surface area contributed by atoms with Gasteiger partial charge in [0, 0.05) is 14.3 Å². The molecule has 1 aromatic carbocycles. The van der Waals surface area contributed by atoms with E-state index in [-0.39, 0.29) is 0 Å². The van der Waals surface area contributed by atoms with Gasteiger partial charge in [0.15, 0.2) is 0 Å². The normalized spacial score (nSPS) is 10.5. The summed E-state index contributed by atoms with van der Waals surface area (Å²) in [6, 6.07) is 6.26. The molecule has 0 bridgehead atoms. The molecule has 1 heterocycles. The molecule has 10 heavy (non-hydrogen) atoms. The van der Waals surface area contributed by atoms with Gasteiger partial charge < -0.3 is 0 Å². The van der Waals surface area contributed by atoms with E-state index < -0.39 is 0 Å². The second-order valence-corrected chi connectivity index (χ2v) is 3.89. The summed E-state index contributed by atoms with van der Waals surface area (Å²) in [6.45, 7) is 0. The predicted molar refractivity (Wildman–Crippen MR) is 52.3 cm³/mol. The van der Waals surface area contributed by atoms with Crippen LogP contribution in [0.4, 0.5) is 0 Å². The summed E-state index contributed by atoms with van der Waals surface area (Å²) < 4.78 is 5.47. The summed E-state index contributed by atoms with van der Waals surface area (Å²) in [5, 5.41) is 3.31. The molecule has 0 spiro atoms. The van der Waals surface area contributed by atoms with Gasteiger partial charge >= 0.3 is 0 Å². The summed E-state index contributed by atoms with van der Waals surface area (Å²) in [6.07, 6.45) is 0. The van der Waals surface area contributed by atoms with E-state index in [1.807, 2.05) is 6.07 Å². The average Bonchev–Trinajstić information content (AvgIpc) is 2.33. The molecule has 0 aliphatic carbocycles. The molecule has 0 radical (unpaired) electrons. The first-order chi connectivity index (χ1) is 4.86. The minimum Gasteiger partial charge on any atom is -0.193 e. The zero-order valence-electron chi connectivity index (χ0n) is 5.04. The molecule has 2 aromatic rings. The van der Waals surface area contributed by atoms with Crippen LogP contribution in [-0.2, 0) is 0 Å². The van der Waals surface area contributed by atoms with Crippen LogP contribution in [0.25, 0.3) is 10.9 Å². The summed E-state index contributed by atoms with van der Waals surface area (Å²) in [4.78, 5) is 0. The molecular formula is C7H4INS. The van der Waals surface area contributed by atoms with Gasteiger partial charge in [-0.15, -0.1) is 0 Å². The fourth-order valence-corrected chi connectivity index (χ4v) is 1.99. The third-order valence-corrected chi connectivity index (χ3v) is 2.65. The van der Waals surface area contributed by atoms with E-state index in [1.54, 1.807) is 0 Å². The topological polar surface area (TPSA) is 12.9 Å². The third-order valence-electron chi connectivity index (χ3n) is 1.32. The smallest absolute Gasteiger partial charge is 0.0841 e. The van der Waals surface area contributed by atoms with Crippen molar-refractivity contribution in [3.05, 3.63) is 27.1 Å². The van der Waals surface area contributed by atoms with Crippen LogP contribution in [0, 0.1) is 3.57 Å². The van der Waals surface area contributed by atoms with Crippen molar-refractivity contribution in [1.82, 2.24) is 4.37 Å². The first kappa shape index (κ1) is 6.54. The van der Waals surface area contributed by atoms with Crippen molar-refractivity contribution in [2.24, 2.45) is 0 Å². The standard InChI is InChI=1S/C7H4INS/c8-6-1-2-7-5(3-6)4-10-9-7/h1-4H. The molecular weight excluding hydrogens is 257 g/mol. The summed E-state index contributed by atoms with van der Waals surface area (Å²) >= 11 is 3.81. The number of aromatic nitrogens is 1. The van der Waals surface area contributed by atoms with Crippen LogP contribution in [0.1, 0.15) is 0 Å². The lowest BCUT2D eigenvalue weighted by atomic mass is 10.3. The van der Waals surface area contributed by atoms with E-state index >= 15 is 0 Å². The monoisotopic (exact) mass is 261 g/mol. The second kappa shape index (κ2) is 2.47. The Morgan fingerprint density at radius 3 is 3.20 bits per heavy atom. The Kier molecular flexibility index (Phi) is 1.61. The van der Waals surface area contributed by atoms with Crippen molar-refractivity contribution in [3.63, 3.8) is 0 Å². The zero-order valence-corrected chi connectivity index (χ0v) is 8.02. The lowest BCUT2D eigenvalue weighted by Crippen LogP contribution is -1.68. The Morgan fingerprint density at radius 1 is 1.40 bits per heavy atom. The number of halogens is 1. The molecule has 0 atom stereocenters. The van der Waals surface area contributed by atoms with Gasteiger partial charge in [-0.3, -0.25) is 0 Å². The van der Waals surface area contributed by atoms with Crippen LogP contribution in [0.2, 0.25) is 0 Å². The van der Waals surface area contributed by atoms with E-state index in [1.165, 1.54) is 20.5 Å². The van der Waals surface area contributed by atoms with Crippen LogP contribution in [0.3, 0.4) is 0 Å². The molecule has 3 heteroatoms. The van der Waals surface area contributed by atoms with Crippen LogP contribution < -0.4 is 0 Å². The lowest BCUT2D eigenvalue weighted by Gasteiger charge is -1.87. The molecule has 0 fully saturated rings. The predicted octanol–water partition coefficient (Wildman–Crippen LogP) is 2.90. The van der Waals surface area contributed by atoms with Crippen molar-refractivity contribution in [2.75, 3.05) is 0 Å². The van der Waals surface area contributed by atoms with Crippen LogP contribution in [-0.4, -0.2) is 4.37 Å². The molecule has 0 saturated heterocycles. The highest BCUT2D eigenvalue weighted by Gasteiger charge is 1.94. The Bertz CT molecular complexity index is 355. The number of rotatable bonds is 0. The molecule has 50 valence electrons. The molecule has 0 unspecified atom stereocenters. The van der Waals surface area contributed by atoms with Crippen molar-refractivity contribution >= 4 is 45.0 Å².